The van der Waals surface area contributed by atoms with Crippen LogP contribution in [0.25, 0.3) is 10.9 Å². The summed E-state index contributed by atoms with van der Waals surface area (Å²) >= 11 is 6.70. The van der Waals surface area contributed by atoms with Gasteiger partial charge in [-0.1, -0.05) is 30.4 Å². The van der Waals surface area contributed by atoms with Gasteiger partial charge in [-0.25, -0.2) is 0 Å². The van der Waals surface area contributed by atoms with E-state index in [0.717, 1.165) is 10.9 Å². The molecule has 0 atom stereocenters. The number of hydrogen-bond donors (Lipinski definition) is 1. The Morgan fingerprint density at radius 1 is 1.44 bits per heavy atom. The van der Waals surface area contributed by atoms with Crippen molar-refractivity contribution >= 4 is 39.2 Å². The number of hydrogen-bond acceptors (Lipinski definition) is 2. The number of aryl methyl sites for hydroxylation is 1. The quantitative estimate of drug-likeness (QED) is 0.826. The second kappa shape index (κ2) is 4.89. The molecule has 0 fully saturated rings. The Morgan fingerprint density at radius 2 is 2.19 bits per heavy atom. The van der Waals surface area contributed by atoms with Gasteiger partial charge in [-0.3, -0.25) is 0 Å². The van der Waals surface area contributed by atoms with Gasteiger partial charge in [0.1, 0.15) is 4.32 Å². The fourth-order valence-electron chi connectivity index (χ4n) is 1.81. The molecule has 0 bridgehead atoms. The molecule has 1 N–H and O–H groups in total. The summed E-state index contributed by atoms with van der Waals surface area (Å²) < 4.78 is 2.99. The van der Waals surface area contributed by atoms with Gasteiger partial charge >= 0.3 is 0 Å². The molecule has 2 rings (SSSR count). The van der Waals surface area contributed by atoms with Gasteiger partial charge in [0.2, 0.25) is 0 Å². The first-order chi connectivity index (χ1) is 7.72. The minimum atomic E-state index is 0.793. The minimum absolute atomic E-state index is 0.793. The zero-order valence-corrected chi connectivity index (χ0v) is 11.0. The fourth-order valence-corrected chi connectivity index (χ4v) is 2.09. The maximum Gasteiger partial charge on any atom is 0.133 e. The molecule has 4 heteroatoms. The van der Waals surface area contributed by atoms with Crippen molar-refractivity contribution in [1.82, 2.24) is 9.88 Å². The molecule has 0 aliphatic heterocycles. The molecular formula is C12H14N2S2. The van der Waals surface area contributed by atoms with Gasteiger partial charge in [0, 0.05) is 30.7 Å². The topological polar surface area (TPSA) is 17.0 Å². The Labute approximate surface area is 105 Å². The van der Waals surface area contributed by atoms with E-state index in [0.29, 0.717) is 0 Å². The standard InChI is InChI=1S/C12H14N2S2/c1-14-8-9(7-13-12(15)16-2)10-5-3-4-6-11(10)14/h3-6,8H,7H2,1-2H3,(H,13,15). The van der Waals surface area contributed by atoms with E-state index in [1.54, 1.807) is 11.8 Å². The smallest absolute Gasteiger partial charge is 0.133 e. The average molecular weight is 250 g/mol. The number of nitrogens with zero attached hydrogens (tertiary/aromatic N) is 1. The van der Waals surface area contributed by atoms with Crippen molar-refractivity contribution in [2.75, 3.05) is 6.26 Å². The third-order valence-corrected chi connectivity index (χ3v) is 3.75. The van der Waals surface area contributed by atoms with Gasteiger partial charge in [0.05, 0.1) is 0 Å². The van der Waals surface area contributed by atoms with Crippen molar-refractivity contribution in [2.24, 2.45) is 7.05 Å². The molecule has 0 radical (unpaired) electrons. The Morgan fingerprint density at radius 3 is 2.94 bits per heavy atom. The largest absolute Gasteiger partial charge is 0.367 e. The number of thioether (sulfide) groups is 1. The SMILES string of the molecule is CSC(=S)NCc1cn(C)c2ccccc12. The zero-order valence-electron chi connectivity index (χ0n) is 9.36. The maximum atomic E-state index is 5.13. The molecule has 84 valence electrons. The Hall–Kier alpha value is -1.00. The summed E-state index contributed by atoms with van der Waals surface area (Å²) in [7, 11) is 2.07. The van der Waals surface area contributed by atoms with E-state index in [2.05, 4.69) is 47.4 Å². The molecule has 1 heterocycles. The number of fused-ring (bicyclic) bond motifs is 1. The van der Waals surface area contributed by atoms with E-state index in [-0.39, 0.29) is 0 Å². The van der Waals surface area contributed by atoms with Crippen molar-refractivity contribution < 1.29 is 0 Å². The number of benzene rings is 1. The molecule has 1 aromatic heterocycles. The Kier molecular flexibility index (Phi) is 3.51. The van der Waals surface area contributed by atoms with Crippen LogP contribution in [0.4, 0.5) is 0 Å². The first-order valence-electron chi connectivity index (χ1n) is 5.07. The summed E-state index contributed by atoms with van der Waals surface area (Å²) in [6.45, 7) is 0.793. The van der Waals surface area contributed by atoms with Crippen LogP contribution in [-0.4, -0.2) is 15.1 Å². The van der Waals surface area contributed by atoms with Crippen LogP contribution in [0.5, 0.6) is 0 Å². The number of thiocarbonyl (C=S) groups is 1. The molecule has 2 aromatic rings. The van der Waals surface area contributed by atoms with E-state index in [9.17, 15) is 0 Å². The third-order valence-electron chi connectivity index (χ3n) is 2.59. The van der Waals surface area contributed by atoms with Crippen LogP contribution >= 0.6 is 24.0 Å². The van der Waals surface area contributed by atoms with Crippen LogP contribution < -0.4 is 5.32 Å². The lowest BCUT2D eigenvalue weighted by Gasteiger charge is -2.03. The lowest BCUT2D eigenvalue weighted by atomic mass is 10.2. The number of para-hydroxylation sites is 1. The molecule has 0 saturated heterocycles. The van der Waals surface area contributed by atoms with Crippen LogP contribution in [0.3, 0.4) is 0 Å². The van der Waals surface area contributed by atoms with Crippen LogP contribution in [0.15, 0.2) is 30.5 Å². The molecule has 2 nitrogen and oxygen atoms in total. The zero-order chi connectivity index (χ0) is 11.5. The van der Waals surface area contributed by atoms with Crippen LogP contribution in [0, 0.1) is 0 Å². The first kappa shape index (κ1) is 11.5. The Balaban J connectivity index is 2.27. The molecule has 0 unspecified atom stereocenters. The Bertz CT molecular complexity index is 517. The minimum Gasteiger partial charge on any atom is -0.367 e. The monoisotopic (exact) mass is 250 g/mol. The summed E-state index contributed by atoms with van der Waals surface area (Å²) in [5.74, 6) is 0. The normalized spacial score (nSPS) is 10.6. The van der Waals surface area contributed by atoms with Crippen LogP contribution in [0.1, 0.15) is 5.56 Å². The summed E-state index contributed by atoms with van der Waals surface area (Å²) in [6, 6.07) is 8.41. The number of aromatic nitrogens is 1. The fraction of sp³-hybridized carbons (Fsp3) is 0.250. The highest BCUT2D eigenvalue weighted by atomic mass is 32.2. The first-order valence-corrected chi connectivity index (χ1v) is 6.70. The second-order valence-electron chi connectivity index (χ2n) is 3.63. The highest BCUT2D eigenvalue weighted by molar-refractivity contribution is 8.22. The van der Waals surface area contributed by atoms with E-state index in [1.807, 2.05) is 6.26 Å². The molecule has 0 aliphatic carbocycles. The number of nitrogens with one attached hydrogen (secondary N) is 1. The van der Waals surface area contributed by atoms with Crippen molar-refractivity contribution in [2.45, 2.75) is 6.54 Å². The highest BCUT2D eigenvalue weighted by Gasteiger charge is 2.05. The van der Waals surface area contributed by atoms with Crippen molar-refractivity contribution in [3.05, 3.63) is 36.0 Å². The summed E-state index contributed by atoms with van der Waals surface area (Å²) in [6.07, 6.45) is 4.14. The van der Waals surface area contributed by atoms with Crippen molar-refractivity contribution in [3.63, 3.8) is 0 Å². The molecule has 16 heavy (non-hydrogen) atoms. The van der Waals surface area contributed by atoms with Gasteiger partial charge in [0.25, 0.3) is 0 Å². The maximum absolute atomic E-state index is 5.13. The second-order valence-corrected chi connectivity index (χ2v) is 5.11. The van der Waals surface area contributed by atoms with Gasteiger partial charge in [-0.2, -0.15) is 0 Å². The van der Waals surface area contributed by atoms with Gasteiger partial charge in [0.15, 0.2) is 0 Å². The van der Waals surface area contributed by atoms with Gasteiger partial charge in [-0.05, 0) is 17.9 Å². The summed E-state index contributed by atoms with van der Waals surface area (Å²) in [4.78, 5) is 0. The third kappa shape index (κ3) is 2.23. The van der Waals surface area contributed by atoms with Crippen LogP contribution in [-0.2, 0) is 13.6 Å². The highest BCUT2D eigenvalue weighted by Crippen LogP contribution is 2.20. The molecule has 0 amide bonds. The van der Waals surface area contributed by atoms with Gasteiger partial charge < -0.3 is 9.88 Å². The van der Waals surface area contributed by atoms with Crippen LogP contribution in [0.2, 0.25) is 0 Å². The summed E-state index contributed by atoms with van der Waals surface area (Å²) in [5, 5.41) is 4.53. The van der Waals surface area contributed by atoms with E-state index in [1.165, 1.54) is 16.5 Å². The lowest BCUT2D eigenvalue weighted by molar-refractivity contribution is 0.912. The lowest BCUT2D eigenvalue weighted by Crippen LogP contribution is -2.16. The van der Waals surface area contributed by atoms with E-state index >= 15 is 0 Å². The molecular weight excluding hydrogens is 236 g/mol. The van der Waals surface area contributed by atoms with Crippen molar-refractivity contribution in [3.8, 4) is 0 Å². The van der Waals surface area contributed by atoms with Crippen molar-refractivity contribution in [1.29, 1.82) is 0 Å². The van der Waals surface area contributed by atoms with E-state index < -0.39 is 0 Å². The molecule has 0 spiro atoms. The number of rotatable bonds is 2. The average Bonchev–Trinajstić information content (AvgIpc) is 2.64. The molecule has 0 aliphatic rings. The predicted molar refractivity (Wildman–Crippen MR) is 75.9 cm³/mol. The van der Waals surface area contributed by atoms with Gasteiger partial charge in [-0.15, -0.1) is 11.8 Å². The predicted octanol–water partition coefficient (Wildman–Crippen LogP) is 2.92. The van der Waals surface area contributed by atoms with E-state index in [4.69, 9.17) is 12.2 Å². The molecule has 1 aromatic carbocycles. The summed E-state index contributed by atoms with van der Waals surface area (Å²) in [5.41, 5.74) is 2.55. The molecule has 0 saturated carbocycles.